The van der Waals surface area contributed by atoms with Gasteiger partial charge in [-0.15, -0.1) is 0 Å². The summed E-state index contributed by atoms with van der Waals surface area (Å²) >= 11 is 0. The minimum absolute atomic E-state index is 0.00756. The van der Waals surface area contributed by atoms with Gasteiger partial charge in [0, 0.05) is 44.9 Å². The van der Waals surface area contributed by atoms with E-state index in [4.69, 9.17) is 18.9 Å². The number of amides is 1. The van der Waals surface area contributed by atoms with E-state index in [2.05, 4.69) is 11.9 Å². The first-order valence-electron chi connectivity index (χ1n) is 13.8. The van der Waals surface area contributed by atoms with Crippen molar-refractivity contribution in [2.24, 2.45) is 11.8 Å². The third kappa shape index (κ3) is 8.50. The van der Waals surface area contributed by atoms with Gasteiger partial charge in [0.25, 0.3) is 0 Å². The molecular weight excluding hydrogens is 576 g/mol. The van der Waals surface area contributed by atoms with Gasteiger partial charge in [-0.25, -0.2) is 14.2 Å². The van der Waals surface area contributed by atoms with Gasteiger partial charge in [0.1, 0.15) is 11.3 Å². The second-order valence-electron chi connectivity index (χ2n) is 10.7. The van der Waals surface area contributed by atoms with E-state index in [1.165, 1.54) is 26.0 Å². The fourth-order valence-corrected chi connectivity index (χ4v) is 5.14. The Balaban J connectivity index is 2.15. The van der Waals surface area contributed by atoms with Crippen LogP contribution in [-0.4, -0.2) is 63.2 Å². The number of methoxy groups -OCH3 is 3. The first-order valence-corrected chi connectivity index (χ1v) is 13.8. The molecule has 0 atom stereocenters. The molecule has 13 heteroatoms. The summed E-state index contributed by atoms with van der Waals surface area (Å²) in [7, 11) is 3.90. The highest BCUT2D eigenvalue weighted by Gasteiger charge is 2.38. The van der Waals surface area contributed by atoms with Crippen LogP contribution in [0.3, 0.4) is 0 Å². The standard InChI is InChI=1S/C30H36F4N2O7/c1-17-6-8-20(9-7-17)28(38)36(21(15-40-3)16-41-4)25-13-24(31)26(12-22(25)29(39)42-5)43-27-23(30(32,33)34)11-19(14-35-27)10-18(2)37/h11-14,17,20-21H,6-10,15-16H2,1-5H3. The fraction of sp³-hybridized carbons (Fsp3) is 0.533. The molecule has 1 aromatic heterocycles. The zero-order valence-electron chi connectivity index (χ0n) is 24.8. The first-order chi connectivity index (χ1) is 20.3. The lowest BCUT2D eigenvalue weighted by Gasteiger charge is -2.36. The van der Waals surface area contributed by atoms with E-state index in [1.54, 1.807) is 0 Å². The monoisotopic (exact) mass is 612 g/mol. The molecule has 1 fully saturated rings. The zero-order chi connectivity index (χ0) is 31.9. The number of anilines is 1. The molecule has 9 nitrogen and oxygen atoms in total. The number of pyridine rings is 1. The number of benzene rings is 1. The number of nitrogens with zero attached hydrogens (tertiary/aromatic N) is 2. The first kappa shape index (κ1) is 33.9. The Bertz CT molecular complexity index is 1300. The van der Waals surface area contributed by atoms with Gasteiger partial charge in [0.05, 0.1) is 37.6 Å². The molecule has 1 aromatic carbocycles. The summed E-state index contributed by atoms with van der Waals surface area (Å²) in [5.41, 5.74) is -1.83. The van der Waals surface area contributed by atoms with Crippen molar-refractivity contribution in [1.29, 1.82) is 0 Å². The van der Waals surface area contributed by atoms with Crippen LogP contribution >= 0.6 is 0 Å². The number of carbonyl (C=O) groups excluding carboxylic acids is 3. The van der Waals surface area contributed by atoms with Crippen LogP contribution in [0.15, 0.2) is 24.4 Å². The van der Waals surface area contributed by atoms with Crippen LogP contribution in [0, 0.1) is 17.7 Å². The number of Topliss-reactive ketones (excluding diaryl/α,β-unsaturated/α-hetero) is 1. The number of halogens is 4. The predicted octanol–water partition coefficient (Wildman–Crippen LogP) is 5.77. The Morgan fingerprint density at radius 3 is 2.19 bits per heavy atom. The van der Waals surface area contributed by atoms with Crippen molar-refractivity contribution in [1.82, 2.24) is 4.98 Å². The topological polar surface area (TPSA) is 104 Å². The Labute approximate surface area is 247 Å². The highest BCUT2D eigenvalue weighted by Crippen LogP contribution is 2.40. The number of esters is 1. The number of aromatic nitrogens is 1. The molecule has 0 aliphatic heterocycles. The maximum atomic E-state index is 15.7. The number of alkyl halides is 3. The third-order valence-corrected chi connectivity index (χ3v) is 7.27. The van der Waals surface area contributed by atoms with Gasteiger partial charge in [-0.3, -0.25) is 9.59 Å². The average molecular weight is 613 g/mol. The van der Waals surface area contributed by atoms with Gasteiger partial charge in [0.2, 0.25) is 11.8 Å². The third-order valence-electron chi connectivity index (χ3n) is 7.27. The van der Waals surface area contributed by atoms with Crippen LogP contribution in [0.4, 0.5) is 23.2 Å². The smallest absolute Gasteiger partial charge is 0.421 e. The minimum atomic E-state index is -4.95. The quantitative estimate of drug-likeness (QED) is 0.220. The van der Waals surface area contributed by atoms with Crippen LogP contribution in [0.5, 0.6) is 11.6 Å². The molecule has 1 saturated carbocycles. The van der Waals surface area contributed by atoms with Crippen LogP contribution < -0.4 is 9.64 Å². The van der Waals surface area contributed by atoms with E-state index in [0.717, 1.165) is 38.3 Å². The molecular formula is C30H36F4N2O7. The van der Waals surface area contributed by atoms with Gasteiger partial charge < -0.3 is 23.8 Å². The molecule has 0 bridgehead atoms. The summed E-state index contributed by atoms with van der Waals surface area (Å²) in [6.45, 7) is 3.27. The Morgan fingerprint density at radius 1 is 1.02 bits per heavy atom. The van der Waals surface area contributed by atoms with E-state index >= 15 is 4.39 Å². The molecule has 3 rings (SSSR count). The highest BCUT2D eigenvalue weighted by atomic mass is 19.4. The molecule has 236 valence electrons. The van der Waals surface area contributed by atoms with Crippen molar-refractivity contribution in [3.63, 3.8) is 0 Å². The fourth-order valence-electron chi connectivity index (χ4n) is 5.14. The molecule has 0 unspecified atom stereocenters. The predicted molar refractivity (Wildman–Crippen MR) is 148 cm³/mol. The number of carbonyl (C=O) groups is 3. The Kier molecular flexibility index (Phi) is 11.6. The van der Waals surface area contributed by atoms with Gasteiger partial charge in [0.15, 0.2) is 11.6 Å². The van der Waals surface area contributed by atoms with E-state index in [1.807, 2.05) is 0 Å². The van der Waals surface area contributed by atoms with E-state index < -0.39 is 47.1 Å². The molecule has 0 N–H and O–H groups in total. The lowest BCUT2D eigenvalue weighted by atomic mass is 9.82. The maximum Gasteiger partial charge on any atom is 0.421 e. The van der Waals surface area contributed by atoms with Crippen molar-refractivity contribution >= 4 is 23.3 Å². The normalized spacial score (nSPS) is 17.1. The van der Waals surface area contributed by atoms with E-state index in [9.17, 15) is 27.6 Å². The van der Waals surface area contributed by atoms with E-state index in [0.29, 0.717) is 24.8 Å². The second-order valence-corrected chi connectivity index (χ2v) is 10.7. The SMILES string of the molecule is COCC(COC)N(C(=O)C1CCC(C)CC1)c1cc(F)c(Oc2ncc(CC(C)=O)cc2C(F)(F)F)cc1C(=O)OC. The summed E-state index contributed by atoms with van der Waals surface area (Å²) in [4.78, 5) is 43.3. The molecule has 0 saturated heterocycles. The van der Waals surface area contributed by atoms with Gasteiger partial charge in [-0.05, 0) is 50.2 Å². The molecule has 2 aromatic rings. The van der Waals surface area contributed by atoms with E-state index in [-0.39, 0.29) is 48.1 Å². The van der Waals surface area contributed by atoms with Gasteiger partial charge in [-0.1, -0.05) is 6.92 Å². The van der Waals surface area contributed by atoms with Gasteiger partial charge in [-0.2, -0.15) is 13.2 Å². The van der Waals surface area contributed by atoms with Crippen molar-refractivity contribution in [3.8, 4) is 11.6 Å². The summed E-state index contributed by atoms with van der Waals surface area (Å²) in [5.74, 6) is -4.60. The molecule has 0 spiro atoms. The number of rotatable bonds is 12. The van der Waals surface area contributed by atoms with Crippen molar-refractivity contribution < 1.29 is 50.9 Å². The zero-order valence-corrected chi connectivity index (χ0v) is 24.8. The van der Waals surface area contributed by atoms with Crippen molar-refractivity contribution in [2.75, 3.05) is 39.4 Å². The van der Waals surface area contributed by atoms with Gasteiger partial charge >= 0.3 is 12.1 Å². The van der Waals surface area contributed by atoms with Crippen LogP contribution in [0.2, 0.25) is 0 Å². The lowest BCUT2D eigenvalue weighted by molar-refractivity contribution is -0.139. The lowest BCUT2D eigenvalue weighted by Crippen LogP contribution is -2.49. The second kappa shape index (κ2) is 14.7. The maximum absolute atomic E-state index is 15.7. The molecule has 0 radical (unpaired) electrons. The van der Waals surface area contributed by atoms with Crippen molar-refractivity contribution in [3.05, 3.63) is 46.9 Å². The average Bonchev–Trinajstić information content (AvgIpc) is 2.94. The van der Waals surface area contributed by atoms with Crippen LogP contribution in [-0.2, 0) is 36.4 Å². The summed E-state index contributed by atoms with van der Waals surface area (Å²) in [6.07, 6.45) is -1.42. The summed E-state index contributed by atoms with van der Waals surface area (Å²) in [5, 5.41) is 0. The number of ether oxygens (including phenoxy) is 4. The van der Waals surface area contributed by atoms with Crippen LogP contribution in [0.1, 0.15) is 61.0 Å². The molecule has 1 aliphatic carbocycles. The minimum Gasteiger partial charge on any atom is -0.465 e. The number of ketones is 1. The molecule has 1 aliphatic rings. The highest BCUT2D eigenvalue weighted by molar-refractivity contribution is 6.04. The van der Waals surface area contributed by atoms with Crippen molar-refractivity contribution in [2.45, 2.75) is 58.2 Å². The number of hydrogen-bond acceptors (Lipinski definition) is 8. The molecule has 1 amide bonds. The largest absolute Gasteiger partial charge is 0.465 e. The Morgan fingerprint density at radius 2 is 1.65 bits per heavy atom. The number of hydrogen-bond donors (Lipinski definition) is 0. The van der Waals surface area contributed by atoms with Crippen LogP contribution in [0.25, 0.3) is 0 Å². The molecule has 1 heterocycles. The Hall–Kier alpha value is -3.58. The molecule has 43 heavy (non-hydrogen) atoms. The summed E-state index contributed by atoms with van der Waals surface area (Å²) < 4.78 is 78.1. The summed E-state index contributed by atoms with van der Waals surface area (Å²) in [6, 6.07) is 1.65.